The van der Waals surface area contributed by atoms with Crippen LogP contribution in [-0.2, 0) is 11.2 Å². The van der Waals surface area contributed by atoms with Crippen LogP contribution in [0.2, 0.25) is 0 Å². The summed E-state index contributed by atoms with van der Waals surface area (Å²) in [5.74, 6) is -0.701. The summed E-state index contributed by atoms with van der Waals surface area (Å²) in [6.45, 7) is 8.00. The van der Waals surface area contributed by atoms with Crippen molar-refractivity contribution in [3.05, 3.63) is 65.2 Å². The zero-order valence-electron chi connectivity index (χ0n) is 13.9. The monoisotopic (exact) mass is 305 g/mol. The first kappa shape index (κ1) is 19.8. The van der Waals surface area contributed by atoms with E-state index in [1.807, 2.05) is 33.8 Å². The van der Waals surface area contributed by atoms with Gasteiger partial charge in [0.05, 0.1) is 12.7 Å². The highest BCUT2D eigenvalue weighted by Gasteiger charge is 2.07. The molecule has 0 N–H and O–H groups in total. The first-order valence-corrected chi connectivity index (χ1v) is 7.46. The van der Waals surface area contributed by atoms with Gasteiger partial charge in [-0.05, 0) is 35.7 Å². The van der Waals surface area contributed by atoms with E-state index in [0.29, 0.717) is 12.0 Å². The minimum absolute atomic E-state index is 0.274. The predicted octanol–water partition coefficient (Wildman–Crippen LogP) is 4.65. The van der Waals surface area contributed by atoms with Crippen molar-refractivity contribution in [2.24, 2.45) is 0 Å². The second-order valence-electron chi connectivity index (χ2n) is 3.88. The van der Waals surface area contributed by atoms with Gasteiger partial charge < -0.3 is 4.74 Å². The first-order chi connectivity index (χ1) is 10.7. The van der Waals surface area contributed by atoms with Crippen LogP contribution in [0.4, 0.5) is 4.39 Å². The molecule has 0 bridgehead atoms. The maximum atomic E-state index is 13.0. The Balaban J connectivity index is 0.00000102. The molecule has 120 valence electrons. The summed E-state index contributed by atoms with van der Waals surface area (Å²) >= 11 is 0. The van der Waals surface area contributed by atoms with Gasteiger partial charge in [0.15, 0.2) is 0 Å². The Morgan fingerprint density at radius 3 is 2.36 bits per heavy atom. The molecular weight excluding hydrogens is 281 g/mol. The number of nitrogens with zero attached hydrogens (tertiary/aromatic N) is 1. The highest BCUT2D eigenvalue weighted by molar-refractivity contribution is 5.89. The third-order valence-electron chi connectivity index (χ3n) is 2.51. The smallest absolute Gasteiger partial charge is 0.339 e. The maximum absolute atomic E-state index is 13.0. The number of hydrogen-bond acceptors (Lipinski definition) is 3. The number of methoxy groups -OCH3 is 1. The average molecular weight is 305 g/mol. The molecular formula is C18H24FNO2. The lowest BCUT2D eigenvalue weighted by atomic mass is 10.1. The molecule has 2 rings (SSSR count). The number of benzene rings is 1. The van der Waals surface area contributed by atoms with Crippen molar-refractivity contribution in [3.63, 3.8) is 0 Å². The van der Waals surface area contributed by atoms with E-state index in [2.05, 4.69) is 9.72 Å². The first-order valence-electron chi connectivity index (χ1n) is 7.46. The molecule has 0 spiro atoms. The van der Waals surface area contributed by atoms with Crippen LogP contribution in [0.1, 0.15) is 49.2 Å². The molecule has 22 heavy (non-hydrogen) atoms. The summed E-state index contributed by atoms with van der Waals surface area (Å²) in [5, 5.41) is 0. The van der Waals surface area contributed by atoms with Gasteiger partial charge >= 0.3 is 5.97 Å². The fourth-order valence-electron chi connectivity index (χ4n) is 1.70. The second-order valence-corrected chi connectivity index (χ2v) is 3.88. The van der Waals surface area contributed by atoms with Gasteiger partial charge in [-0.1, -0.05) is 39.8 Å². The van der Waals surface area contributed by atoms with Crippen molar-refractivity contribution in [2.75, 3.05) is 7.11 Å². The van der Waals surface area contributed by atoms with E-state index in [4.69, 9.17) is 0 Å². The molecule has 0 aliphatic rings. The van der Waals surface area contributed by atoms with Gasteiger partial charge in [0, 0.05) is 12.4 Å². The molecule has 0 unspecified atom stereocenters. The number of carbonyl (C=O) groups is 1. The van der Waals surface area contributed by atoms with Crippen LogP contribution in [0.15, 0.2) is 42.7 Å². The van der Waals surface area contributed by atoms with Crippen LogP contribution < -0.4 is 0 Å². The maximum Gasteiger partial charge on any atom is 0.339 e. The number of carbonyl (C=O) groups excluding carboxylic acids is 1. The van der Waals surface area contributed by atoms with Crippen molar-refractivity contribution in [3.8, 4) is 0 Å². The quantitative estimate of drug-likeness (QED) is 0.775. The lowest BCUT2D eigenvalue weighted by molar-refractivity contribution is 0.0600. The van der Waals surface area contributed by atoms with Gasteiger partial charge in [0.1, 0.15) is 5.82 Å². The van der Waals surface area contributed by atoms with E-state index < -0.39 is 5.97 Å². The van der Waals surface area contributed by atoms with Crippen LogP contribution in [0.5, 0.6) is 0 Å². The number of hydrogen-bond donors (Lipinski definition) is 0. The molecule has 3 nitrogen and oxygen atoms in total. The zero-order chi connectivity index (χ0) is 17.0. The van der Waals surface area contributed by atoms with Crippen molar-refractivity contribution >= 4 is 5.97 Å². The van der Waals surface area contributed by atoms with Gasteiger partial charge in [-0.25, -0.2) is 9.18 Å². The molecule has 0 aliphatic heterocycles. The number of esters is 1. The topological polar surface area (TPSA) is 39.2 Å². The molecule has 1 heterocycles. The Morgan fingerprint density at radius 2 is 1.77 bits per heavy atom. The Kier molecular flexibility index (Phi) is 10.3. The van der Waals surface area contributed by atoms with Crippen molar-refractivity contribution < 1.29 is 13.9 Å². The largest absolute Gasteiger partial charge is 0.465 e. The summed E-state index contributed by atoms with van der Waals surface area (Å²) in [7, 11) is 1.32. The van der Waals surface area contributed by atoms with Gasteiger partial charge in [0.25, 0.3) is 0 Å². The summed E-state index contributed by atoms with van der Waals surface area (Å²) in [4.78, 5) is 15.3. The van der Waals surface area contributed by atoms with Crippen LogP contribution in [-0.4, -0.2) is 18.1 Å². The summed E-state index contributed by atoms with van der Waals surface area (Å²) in [6, 6.07) is 8.04. The van der Waals surface area contributed by atoms with Crippen LogP contribution in [0.25, 0.3) is 0 Å². The number of rotatable bonds is 3. The lowest BCUT2D eigenvalue weighted by Crippen LogP contribution is -2.03. The van der Waals surface area contributed by atoms with Gasteiger partial charge in [-0.3, -0.25) is 4.98 Å². The van der Waals surface area contributed by atoms with E-state index in [1.54, 1.807) is 18.3 Å². The fourth-order valence-corrected chi connectivity index (χ4v) is 1.70. The third-order valence-corrected chi connectivity index (χ3v) is 2.51. The number of ether oxygens (including phenoxy) is 1. The number of pyridine rings is 1. The van der Waals surface area contributed by atoms with Crippen LogP contribution in [0.3, 0.4) is 0 Å². The summed E-state index contributed by atoms with van der Waals surface area (Å²) in [5.41, 5.74) is 2.06. The molecule has 0 saturated carbocycles. The normalized spacial score (nSPS) is 8.82. The standard InChI is InChI=1S/C14H12FNO2.2C2H6/c1-18-14(17)12-6-11(8-16-9-12)5-10-3-2-4-13(15)7-10;2*1-2/h2-4,6-9H,5H2,1H3;2*1-2H3. The number of halogens is 1. The predicted molar refractivity (Wildman–Crippen MR) is 87.5 cm³/mol. The minimum atomic E-state index is -0.427. The molecule has 1 aromatic carbocycles. The zero-order valence-corrected chi connectivity index (χ0v) is 13.9. The second kappa shape index (κ2) is 11.4. The third kappa shape index (κ3) is 6.48. The van der Waals surface area contributed by atoms with Gasteiger partial charge in [-0.2, -0.15) is 0 Å². The van der Waals surface area contributed by atoms with Crippen molar-refractivity contribution in [2.45, 2.75) is 34.1 Å². The summed E-state index contributed by atoms with van der Waals surface area (Å²) in [6.07, 6.45) is 3.62. The Labute approximate surface area is 132 Å². The molecule has 4 heteroatoms. The highest BCUT2D eigenvalue weighted by Crippen LogP contribution is 2.12. The van der Waals surface area contributed by atoms with Crippen LogP contribution >= 0.6 is 0 Å². The minimum Gasteiger partial charge on any atom is -0.465 e. The summed E-state index contributed by atoms with van der Waals surface area (Å²) < 4.78 is 17.7. The van der Waals surface area contributed by atoms with E-state index >= 15 is 0 Å². The van der Waals surface area contributed by atoms with Crippen molar-refractivity contribution in [1.82, 2.24) is 4.98 Å². The van der Waals surface area contributed by atoms with E-state index in [0.717, 1.165) is 11.1 Å². The van der Waals surface area contributed by atoms with Crippen LogP contribution in [0, 0.1) is 5.82 Å². The lowest BCUT2D eigenvalue weighted by Gasteiger charge is -2.04. The molecule has 2 aromatic rings. The molecule has 0 saturated heterocycles. The SMILES string of the molecule is CC.CC.COC(=O)c1cncc(Cc2cccc(F)c2)c1. The fraction of sp³-hybridized carbons (Fsp3) is 0.333. The van der Waals surface area contributed by atoms with E-state index in [9.17, 15) is 9.18 Å². The molecule has 0 aliphatic carbocycles. The highest BCUT2D eigenvalue weighted by atomic mass is 19.1. The molecule has 0 atom stereocenters. The Morgan fingerprint density at radius 1 is 1.09 bits per heavy atom. The molecule has 0 fully saturated rings. The van der Waals surface area contributed by atoms with Gasteiger partial charge in [0.2, 0.25) is 0 Å². The number of aromatic nitrogens is 1. The Bertz CT molecular complexity index is 571. The molecule has 0 radical (unpaired) electrons. The molecule has 1 aromatic heterocycles. The molecule has 0 amide bonds. The van der Waals surface area contributed by atoms with Crippen molar-refractivity contribution in [1.29, 1.82) is 0 Å². The Hall–Kier alpha value is -2.23. The average Bonchev–Trinajstić information content (AvgIpc) is 2.58. The van der Waals surface area contributed by atoms with E-state index in [-0.39, 0.29) is 5.82 Å². The van der Waals surface area contributed by atoms with Gasteiger partial charge in [-0.15, -0.1) is 0 Å². The van der Waals surface area contributed by atoms with E-state index in [1.165, 1.54) is 25.4 Å².